The van der Waals surface area contributed by atoms with E-state index in [9.17, 15) is 9.59 Å². The van der Waals surface area contributed by atoms with Crippen molar-refractivity contribution in [3.8, 4) is 0 Å². The normalized spacial score (nSPS) is 18.0. The summed E-state index contributed by atoms with van der Waals surface area (Å²) in [4.78, 5) is 26.6. The van der Waals surface area contributed by atoms with Crippen molar-refractivity contribution >= 4 is 35.7 Å². The van der Waals surface area contributed by atoms with Gasteiger partial charge in [-0.3, -0.25) is 14.4 Å². The number of benzene rings is 1. The summed E-state index contributed by atoms with van der Waals surface area (Å²) in [6.07, 6.45) is 4.87. The molecule has 3 heterocycles. The van der Waals surface area contributed by atoms with Crippen molar-refractivity contribution in [2.24, 2.45) is 0 Å². The van der Waals surface area contributed by atoms with Gasteiger partial charge in [-0.25, -0.2) is 4.79 Å². The van der Waals surface area contributed by atoms with Crippen molar-refractivity contribution in [2.75, 3.05) is 36.4 Å². The molecule has 0 radical (unpaired) electrons. The molecule has 1 atom stereocenters. The summed E-state index contributed by atoms with van der Waals surface area (Å²) >= 11 is 0. The zero-order chi connectivity index (χ0) is 19.5. The number of carbonyl (C=O) groups is 2. The predicted molar refractivity (Wildman–Crippen MR) is 115 cm³/mol. The number of anilines is 2. The Hall–Kier alpha value is -2.58. The summed E-state index contributed by atoms with van der Waals surface area (Å²) < 4.78 is 1.88. The number of hydrogen-bond acceptors (Lipinski definition) is 4. The smallest absolute Gasteiger partial charge is 0.321 e. The summed E-state index contributed by atoms with van der Waals surface area (Å²) in [5.74, 6) is -0.245. The minimum Gasteiger partial charge on any atom is -0.338 e. The van der Waals surface area contributed by atoms with E-state index >= 15 is 0 Å². The van der Waals surface area contributed by atoms with E-state index in [0.717, 1.165) is 43.6 Å². The Morgan fingerprint density at radius 1 is 1.31 bits per heavy atom. The van der Waals surface area contributed by atoms with E-state index in [0.29, 0.717) is 30.5 Å². The van der Waals surface area contributed by atoms with Crippen molar-refractivity contribution in [2.45, 2.75) is 32.2 Å². The molecule has 3 amide bonds. The number of urea groups is 1. The summed E-state index contributed by atoms with van der Waals surface area (Å²) in [5.41, 5.74) is 3.02. The van der Waals surface area contributed by atoms with Gasteiger partial charge in [0.15, 0.2) is 5.69 Å². The maximum Gasteiger partial charge on any atom is 0.321 e. The van der Waals surface area contributed by atoms with Gasteiger partial charge in [-0.15, -0.1) is 12.4 Å². The van der Waals surface area contributed by atoms with Crippen LogP contribution in [0.4, 0.5) is 16.2 Å². The Bertz CT molecular complexity index is 878. The van der Waals surface area contributed by atoms with Crippen LogP contribution in [0.25, 0.3) is 0 Å². The van der Waals surface area contributed by atoms with E-state index < -0.39 is 0 Å². The third kappa shape index (κ3) is 4.54. The number of fused-ring (bicyclic) bond motifs is 1. The molecule has 2 aliphatic heterocycles. The lowest BCUT2D eigenvalue weighted by Crippen LogP contribution is -2.38. The van der Waals surface area contributed by atoms with Crippen LogP contribution in [0, 0.1) is 0 Å². The minimum atomic E-state index is -0.245. The highest BCUT2D eigenvalue weighted by Gasteiger charge is 2.25. The van der Waals surface area contributed by atoms with Crippen molar-refractivity contribution in [3.63, 3.8) is 0 Å². The molecule has 3 N–H and O–H groups in total. The molecule has 0 aliphatic carbocycles. The molecule has 4 rings (SSSR count). The number of nitrogens with zero attached hydrogens (tertiary/aromatic N) is 3. The second-order valence-corrected chi connectivity index (χ2v) is 7.22. The van der Waals surface area contributed by atoms with Gasteiger partial charge in [0, 0.05) is 31.5 Å². The number of nitrogens with one attached hydrogen (secondary N) is 3. The number of piperidine rings is 1. The molecule has 0 saturated carbocycles. The molecule has 2 aliphatic rings. The predicted octanol–water partition coefficient (Wildman–Crippen LogP) is 2.57. The highest BCUT2D eigenvalue weighted by atomic mass is 35.5. The van der Waals surface area contributed by atoms with Crippen LogP contribution in [0.1, 0.15) is 41.9 Å². The summed E-state index contributed by atoms with van der Waals surface area (Å²) in [6, 6.07) is 7.64. The van der Waals surface area contributed by atoms with Gasteiger partial charge in [0.1, 0.15) is 0 Å². The molecule has 0 bridgehead atoms. The third-order valence-electron chi connectivity index (χ3n) is 5.30. The van der Waals surface area contributed by atoms with Crippen LogP contribution < -0.4 is 20.9 Å². The fourth-order valence-corrected chi connectivity index (χ4v) is 3.83. The maximum absolute atomic E-state index is 12.6. The van der Waals surface area contributed by atoms with Crippen LogP contribution in [-0.2, 0) is 6.42 Å². The highest BCUT2D eigenvalue weighted by Crippen LogP contribution is 2.31. The quantitative estimate of drug-likeness (QED) is 0.711. The van der Waals surface area contributed by atoms with Crippen LogP contribution in [0.3, 0.4) is 0 Å². The Morgan fingerprint density at radius 2 is 2.17 bits per heavy atom. The van der Waals surface area contributed by atoms with E-state index in [1.54, 1.807) is 11.0 Å². The highest BCUT2D eigenvalue weighted by molar-refractivity contribution is 6.03. The largest absolute Gasteiger partial charge is 0.338 e. The monoisotopic (exact) mass is 418 g/mol. The first-order valence-electron chi connectivity index (χ1n) is 9.91. The molecule has 1 fully saturated rings. The molecule has 156 valence electrons. The molecule has 1 saturated heterocycles. The lowest BCUT2D eigenvalue weighted by atomic mass is 10.1. The molecule has 0 spiro atoms. The van der Waals surface area contributed by atoms with Crippen molar-refractivity contribution < 1.29 is 9.59 Å². The minimum absolute atomic E-state index is 0. The van der Waals surface area contributed by atoms with E-state index in [1.807, 2.05) is 36.0 Å². The average Bonchev–Trinajstić information content (AvgIpc) is 3.36. The zero-order valence-corrected chi connectivity index (χ0v) is 17.3. The van der Waals surface area contributed by atoms with Crippen LogP contribution in [0.15, 0.2) is 30.5 Å². The number of amides is 3. The lowest BCUT2D eigenvalue weighted by molar-refractivity contribution is 0.102. The molecular weight excluding hydrogens is 392 g/mol. The van der Waals surface area contributed by atoms with Crippen molar-refractivity contribution in [1.82, 2.24) is 20.4 Å². The van der Waals surface area contributed by atoms with E-state index in [4.69, 9.17) is 0 Å². The molecule has 9 heteroatoms. The fourth-order valence-electron chi connectivity index (χ4n) is 3.83. The van der Waals surface area contributed by atoms with Crippen LogP contribution in [0.5, 0.6) is 0 Å². The molecule has 1 aromatic carbocycles. The van der Waals surface area contributed by atoms with E-state index in [2.05, 4.69) is 21.0 Å². The summed E-state index contributed by atoms with van der Waals surface area (Å²) in [7, 11) is 0. The summed E-state index contributed by atoms with van der Waals surface area (Å²) in [5, 5.41) is 13.6. The number of carbonyl (C=O) groups excluding carboxylic acids is 2. The Kier molecular flexibility index (Phi) is 6.76. The second kappa shape index (κ2) is 9.28. The molecule has 1 unspecified atom stereocenters. The van der Waals surface area contributed by atoms with Gasteiger partial charge in [0.25, 0.3) is 5.91 Å². The standard InChI is InChI=1S/C20H26N6O2.ClH/c1-2-22-20(28)25-10-7-14-5-6-15(12-18(14)25)23-19(27)17-8-11-26(24-17)16-4-3-9-21-13-16;/h5-6,8,11-12,16,21H,2-4,7,9-10,13H2,1H3,(H,22,28)(H,23,27);1H. The number of aromatic nitrogens is 2. The molecule has 2 aromatic rings. The van der Waals surface area contributed by atoms with Gasteiger partial charge in [-0.05, 0) is 56.5 Å². The number of rotatable bonds is 4. The SMILES string of the molecule is CCNC(=O)N1CCc2ccc(NC(=O)c3ccn(C4CCCNC4)n3)cc21.Cl. The molecular formula is C20H27ClN6O2. The molecule has 8 nitrogen and oxygen atoms in total. The number of halogens is 1. The van der Waals surface area contributed by atoms with Crippen LogP contribution in [-0.4, -0.2) is 47.9 Å². The topological polar surface area (TPSA) is 91.3 Å². The Balaban J connectivity index is 0.00000240. The first kappa shape index (κ1) is 21.1. The van der Waals surface area contributed by atoms with Crippen molar-refractivity contribution in [1.29, 1.82) is 0 Å². The van der Waals surface area contributed by atoms with Gasteiger partial charge in [0.05, 0.1) is 11.7 Å². The van der Waals surface area contributed by atoms with Crippen LogP contribution in [0.2, 0.25) is 0 Å². The van der Waals surface area contributed by atoms with Gasteiger partial charge in [-0.2, -0.15) is 5.10 Å². The molecule has 1 aromatic heterocycles. The lowest BCUT2D eigenvalue weighted by Gasteiger charge is -2.22. The van der Waals surface area contributed by atoms with E-state index in [-0.39, 0.29) is 24.3 Å². The Labute approximate surface area is 176 Å². The fraction of sp³-hybridized carbons (Fsp3) is 0.450. The van der Waals surface area contributed by atoms with Crippen molar-refractivity contribution in [3.05, 3.63) is 41.7 Å². The molecule has 29 heavy (non-hydrogen) atoms. The summed E-state index contributed by atoms with van der Waals surface area (Å²) in [6.45, 7) is 5.05. The Morgan fingerprint density at radius 3 is 2.93 bits per heavy atom. The second-order valence-electron chi connectivity index (χ2n) is 7.22. The maximum atomic E-state index is 12.6. The van der Waals surface area contributed by atoms with Gasteiger partial charge >= 0.3 is 6.03 Å². The first-order chi connectivity index (χ1) is 13.7. The van der Waals surface area contributed by atoms with Gasteiger partial charge in [0.2, 0.25) is 0 Å². The average molecular weight is 419 g/mol. The van der Waals surface area contributed by atoms with Gasteiger partial charge < -0.3 is 16.0 Å². The number of hydrogen-bond donors (Lipinski definition) is 3. The zero-order valence-electron chi connectivity index (χ0n) is 16.5. The third-order valence-corrected chi connectivity index (χ3v) is 5.30. The van der Waals surface area contributed by atoms with Crippen LogP contribution >= 0.6 is 12.4 Å². The van der Waals surface area contributed by atoms with Gasteiger partial charge in [-0.1, -0.05) is 6.07 Å². The first-order valence-corrected chi connectivity index (χ1v) is 9.91. The van der Waals surface area contributed by atoms with E-state index in [1.165, 1.54) is 0 Å².